The van der Waals surface area contributed by atoms with E-state index in [4.69, 9.17) is 9.84 Å². The first kappa shape index (κ1) is 21.5. The highest BCUT2D eigenvalue weighted by molar-refractivity contribution is 7.89. The monoisotopic (exact) mass is 443 g/mol. The molecule has 164 valence electrons. The largest absolute Gasteiger partial charge is 0.489 e. The van der Waals surface area contributed by atoms with Crippen molar-refractivity contribution < 1.29 is 28.2 Å². The molecule has 7 nitrogen and oxygen atoms in total. The fourth-order valence-corrected chi connectivity index (χ4v) is 5.59. The van der Waals surface area contributed by atoms with E-state index in [9.17, 15) is 18.3 Å². The summed E-state index contributed by atoms with van der Waals surface area (Å²) in [5, 5.41) is 19.5. The number of carbonyl (C=O) groups is 1. The highest BCUT2D eigenvalue weighted by Crippen LogP contribution is 2.51. The number of hydrogen-bond donors (Lipinski definition) is 3. The van der Waals surface area contributed by atoms with Gasteiger partial charge in [-0.2, -0.15) is 0 Å². The van der Waals surface area contributed by atoms with Crippen molar-refractivity contribution in [2.45, 2.75) is 31.0 Å². The second-order valence-electron chi connectivity index (χ2n) is 7.99. The summed E-state index contributed by atoms with van der Waals surface area (Å²) >= 11 is 0. The summed E-state index contributed by atoms with van der Waals surface area (Å²) in [6, 6.07) is 14.9. The normalized spacial score (nSPS) is 24.7. The smallest absolute Gasteiger partial charge is 0.328 e. The Morgan fingerprint density at radius 3 is 2.68 bits per heavy atom. The molecule has 2 aliphatic rings. The Hall–Kier alpha value is -2.68. The van der Waals surface area contributed by atoms with E-state index in [-0.39, 0.29) is 30.2 Å². The summed E-state index contributed by atoms with van der Waals surface area (Å²) in [5.41, 5.74) is 2.49. The van der Waals surface area contributed by atoms with Gasteiger partial charge in [-0.3, -0.25) is 0 Å². The summed E-state index contributed by atoms with van der Waals surface area (Å²) in [6.07, 6.45) is 2.42. The molecule has 31 heavy (non-hydrogen) atoms. The van der Waals surface area contributed by atoms with Crippen molar-refractivity contribution in [3.05, 3.63) is 71.3 Å². The van der Waals surface area contributed by atoms with Crippen LogP contribution in [-0.4, -0.2) is 49.1 Å². The standard InChI is InChI=1S/C23H25NO6S/c25-19-13-20-22(17-8-4-7-16(23(17)30-20)9-10-21(26)27)18(19)14-24-31(28,29)12-11-15-5-2-1-3-6-15/h1-10,18-20,22,24-25H,11-14H2,(H,26,27). The molecule has 1 saturated carbocycles. The van der Waals surface area contributed by atoms with Gasteiger partial charge in [0.15, 0.2) is 0 Å². The topological polar surface area (TPSA) is 113 Å². The van der Waals surface area contributed by atoms with E-state index in [2.05, 4.69) is 4.72 Å². The number of aliphatic carboxylic acids is 1. The number of carboxylic acids is 1. The second-order valence-corrected chi connectivity index (χ2v) is 9.92. The number of ether oxygens (including phenoxy) is 1. The first-order chi connectivity index (χ1) is 14.8. The minimum absolute atomic E-state index is 0.0227. The number of sulfonamides is 1. The molecule has 2 aromatic carbocycles. The van der Waals surface area contributed by atoms with Crippen LogP contribution in [0.2, 0.25) is 0 Å². The zero-order valence-electron chi connectivity index (χ0n) is 16.8. The van der Waals surface area contributed by atoms with Crippen LogP contribution in [0.1, 0.15) is 29.0 Å². The highest BCUT2D eigenvalue weighted by Gasteiger charge is 2.49. The molecule has 1 heterocycles. The third-order valence-corrected chi connectivity index (χ3v) is 7.33. The Kier molecular flexibility index (Phi) is 6.13. The van der Waals surface area contributed by atoms with Gasteiger partial charge in [-0.25, -0.2) is 17.9 Å². The summed E-state index contributed by atoms with van der Waals surface area (Å²) in [7, 11) is -3.50. The molecule has 0 saturated heterocycles. The maximum atomic E-state index is 12.5. The molecule has 4 rings (SSSR count). The van der Waals surface area contributed by atoms with E-state index in [1.165, 1.54) is 6.08 Å². The van der Waals surface area contributed by atoms with Crippen molar-refractivity contribution in [2.75, 3.05) is 12.3 Å². The SMILES string of the molecule is O=C(O)C=Cc1cccc2c1OC1CC(O)C(CNS(=O)(=O)CCc3ccccc3)C21. The van der Waals surface area contributed by atoms with Gasteiger partial charge in [0, 0.05) is 42.0 Å². The first-order valence-corrected chi connectivity index (χ1v) is 11.9. The molecule has 0 radical (unpaired) electrons. The number of aliphatic hydroxyl groups excluding tert-OH is 1. The molecule has 0 bridgehead atoms. The number of benzene rings is 2. The molecule has 1 aliphatic heterocycles. The minimum Gasteiger partial charge on any atom is -0.489 e. The third-order valence-electron chi connectivity index (χ3n) is 5.98. The Balaban J connectivity index is 1.46. The molecule has 1 aliphatic carbocycles. The lowest BCUT2D eigenvalue weighted by Gasteiger charge is -2.21. The Bertz CT molecular complexity index is 1080. The van der Waals surface area contributed by atoms with Gasteiger partial charge in [-0.15, -0.1) is 0 Å². The molecule has 2 aromatic rings. The van der Waals surface area contributed by atoms with Crippen molar-refractivity contribution in [1.29, 1.82) is 0 Å². The number of aliphatic hydroxyl groups is 1. The predicted molar refractivity (Wildman–Crippen MR) is 116 cm³/mol. The van der Waals surface area contributed by atoms with E-state index in [1.807, 2.05) is 42.5 Å². The van der Waals surface area contributed by atoms with E-state index in [0.717, 1.165) is 17.2 Å². The van der Waals surface area contributed by atoms with Gasteiger partial charge < -0.3 is 14.9 Å². The Morgan fingerprint density at radius 1 is 1.16 bits per heavy atom. The molecular formula is C23H25NO6S. The first-order valence-electron chi connectivity index (χ1n) is 10.2. The van der Waals surface area contributed by atoms with Gasteiger partial charge >= 0.3 is 5.97 Å². The predicted octanol–water partition coefficient (Wildman–Crippen LogP) is 2.17. The van der Waals surface area contributed by atoms with Crippen LogP contribution < -0.4 is 9.46 Å². The molecule has 0 spiro atoms. The highest BCUT2D eigenvalue weighted by atomic mass is 32.2. The average Bonchev–Trinajstić information content (AvgIpc) is 3.25. The number of rotatable bonds is 8. The lowest BCUT2D eigenvalue weighted by Crippen LogP contribution is -2.36. The number of hydrogen-bond acceptors (Lipinski definition) is 5. The van der Waals surface area contributed by atoms with Crippen LogP contribution in [0.5, 0.6) is 5.75 Å². The van der Waals surface area contributed by atoms with Gasteiger partial charge in [-0.05, 0) is 18.1 Å². The van der Waals surface area contributed by atoms with E-state index < -0.39 is 22.1 Å². The van der Waals surface area contributed by atoms with Crippen molar-refractivity contribution in [3.8, 4) is 5.75 Å². The van der Waals surface area contributed by atoms with Gasteiger partial charge in [0.2, 0.25) is 10.0 Å². The van der Waals surface area contributed by atoms with Crippen LogP contribution in [0.15, 0.2) is 54.6 Å². The van der Waals surface area contributed by atoms with Gasteiger partial charge in [-0.1, -0.05) is 48.5 Å². The van der Waals surface area contributed by atoms with Crippen LogP contribution in [-0.2, 0) is 21.2 Å². The molecule has 4 unspecified atom stereocenters. The maximum absolute atomic E-state index is 12.5. The molecule has 3 N–H and O–H groups in total. The van der Waals surface area contributed by atoms with Crippen LogP contribution in [0.25, 0.3) is 6.08 Å². The summed E-state index contributed by atoms with van der Waals surface area (Å²) in [4.78, 5) is 10.9. The third kappa shape index (κ3) is 4.81. The lowest BCUT2D eigenvalue weighted by atomic mass is 9.87. The maximum Gasteiger partial charge on any atom is 0.328 e. The number of nitrogens with one attached hydrogen (secondary N) is 1. The Labute approximate surface area is 181 Å². The molecular weight excluding hydrogens is 418 g/mol. The molecule has 4 atom stereocenters. The van der Waals surface area contributed by atoms with Crippen LogP contribution in [0.4, 0.5) is 0 Å². The number of para-hydroxylation sites is 1. The van der Waals surface area contributed by atoms with Crippen LogP contribution in [0.3, 0.4) is 0 Å². The molecule has 0 amide bonds. The number of fused-ring (bicyclic) bond motifs is 3. The van der Waals surface area contributed by atoms with Crippen LogP contribution in [0, 0.1) is 5.92 Å². The lowest BCUT2D eigenvalue weighted by molar-refractivity contribution is -0.131. The number of aryl methyl sites for hydroxylation is 1. The van der Waals surface area contributed by atoms with Crippen LogP contribution >= 0.6 is 0 Å². The van der Waals surface area contributed by atoms with E-state index >= 15 is 0 Å². The van der Waals surface area contributed by atoms with Crippen molar-refractivity contribution in [1.82, 2.24) is 4.72 Å². The minimum atomic E-state index is -3.50. The zero-order valence-corrected chi connectivity index (χ0v) is 17.7. The van der Waals surface area contributed by atoms with Gasteiger partial charge in [0.1, 0.15) is 11.9 Å². The molecule has 8 heteroatoms. The quantitative estimate of drug-likeness (QED) is 0.539. The van der Waals surface area contributed by atoms with Gasteiger partial charge in [0.25, 0.3) is 0 Å². The summed E-state index contributed by atoms with van der Waals surface area (Å²) in [6.45, 7) is 0.122. The van der Waals surface area contributed by atoms with Crippen molar-refractivity contribution >= 4 is 22.1 Å². The van der Waals surface area contributed by atoms with Gasteiger partial charge in [0.05, 0.1) is 11.9 Å². The molecule has 0 aromatic heterocycles. The fraction of sp³-hybridized carbons (Fsp3) is 0.348. The fourth-order valence-electron chi connectivity index (χ4n) is 4.50. The zero-order chi connectivity index (χ0) is 22.0. The summed E-state index contributed by atoms with van der Waals surface area (Å²) in [5.74, 6) is -0.935. The van der Waals surface area contributed by atoms with E-state index in [0.29, 0.717) is 24.2 Å². The summed E-state index contributed by atoms with van der Waals surface area (Å²) < 4.78 is 33.8. The number of carboxylic acid groups (broad SMARTS) is 1. The van der Waals surface area contributed by atoms with Crippen molar-refractivity contribution in [3.63, 3.8) is 0 Å². The molecule has 1 fully saturated rings. The van der Waals surface area contributed by atoms with E-state index in [1.54, 1.807) is 6.07 Å². The average molecular weight is 444 g/mol. The van der Waals surface area contributed by atoms with Crippen molar-refractivity contribution in [2.24, 2.45) is 5.92 Å². The Morgan fingerprint density at radius 2 is 1.94 bits per heavy atom. The second kappa shape index (κ2) is 8.82.